The summed E-state index contributed by atoms with van der Waals surface area (Å²) in [6, 6.07) is 14.8. The zero-order valence-electron chi connectivity index (χ0n) is 18.2. The molecule has 0 unspecified atom stereocenters. The zero-order valence-corrected chi connectivity index (χ0v) is 19.0. The van der Waals surface area contributed by atoms with Crippen LogP contribution in [-0.2, 0) is 11.3 Å². The molecule has 0 aliphatic carbocycles. The van der Waals surface area contributed by atoms with E-state index < -0.39 is 0 Å². The number of amides is 2. The van der Waals surface area contributed by atoms with Crippen LogP contribution in [0.5, 0.6) is 0 Å². The Balaban J connectivity index is 1.63. The molecule has 0 spiro atoms. The number of hydrogen-bond donors (Lipinski definition) is 2. The van der Waals surface area contributed by atoms with Crippen molar-refractivity contribution < 1.29 is 9.59 Å². The largest absolute Gasteiger partial charge is 0.342 e. The van der Waals surface area contributed by atoms with Crippen molar-refractivity contribution in [1.29, 1.82) is 0 Å². The van der Waals surface area contributed by atoms with Crippen molar-refractivity contribution >= 4 is 29.3 Å². The van der Waals surface area contributed by atoms with E-state index in [0.29, 0.717) is 23.1 Å². The number of para-hydroxylation sites is 1. The van der Waals surface area contributed by atoms with Gasteiger partial charge in [-0.3, -0.25) is 9.59 Å². The van der Waals surface area contributed by atoms with Crippen LogP contribution in [0, 0.1) is 13.8 Å². The van der Waals surface area contributed by atoms with E-state index in [-0.39, 0.29) is 23.6 Å². The average molecular weight is 438 g/mol. The summed E-state index contributed by atoms with van der Waals surface area (Å²) < 4.78 is 1.92. The van der Waals surface area contributed by atoms with Crippen LogP contribution < -0.4 is 10.6 Å². The van der Waals surface area contributed by atoms with E-state index in [1.54, 1.807) is 12.1 Å². The highest BCUT2D eigenvalue weighted by Crippen LogP contribution is 2.22. The van der Waals surface area contributed by atoms with Gasteiger partial charge in [0, 0.05) is 17.8 Å². The molecule has 0 bridgehead atoms. The first kappa shape index (κ1) is 22.6. The van der Waals surface area contributed by atoms with Gasteiger partial charge in [0.2, 0.25) is 5.91 Å². The number of benzene rings is 2. The van der Waals surface area contributed by atoms with Gasteiger partial charge >= 0.3 is 0 Å². The third-order valence-electron chi connectivity index (χ3n) is 4.86. The highest BCUT2D eigenvalue weighted by Gasteiger charge is 2.20. The standard InChI is InChI=1S/C23H27N5O2S/c1-5-28-21(17(4)24-22(30)18-12-10-15(2)11-13-18)26-27-23(28)31-14-20(29)25-19-9-7-6-8-16(19)3/h6-13,17H,5,14H2,1-4H3,(H,24,30)(H,25,29)/t17-/m0/s1. The Bertz CT molecular complexity index is 1060. The van der Waals surface area contributed by atoms with E-state index in [1.807, 2.05) is 68.7 Å². The summed E-state index contributed by atoms with van der Waals surface area (Å²) in [4.78, 5) is 24.9. The first-order valence-electron chi connectivity index (χ1n) is 10.2. The van der Waals surface area contributed by atoms with Gasteiger partial charge in [-0.2, -0.15) is 0 Å². The second-order valence-corrected chi connectivity index (χ2v) is 8.24. The minimum absolute atomic E-state index is 0.104. The number of rotatable bonds is 8. The first-order chi connectivity index (χ1) is 14.9. The SMILES string of the molecule is CCn1c(SCC(=O)Nc2ccccc2C)nnc1[C@H](C)NC(=O)c1ccc(C)cc1. The van der Waals surface area contributed by atoms with Crippen LogP contribution in [0.25, 0.3) is 0 Å². The third kappa shape index (κ3) is 5.73. The van der Waals surface area contributed by atoms with E-state index in [4.69, 9.17) is 0 Å². The summed E-state index contributed by atoms with van der Waals surface area (Å²) in [5.41, 5.74) is 3.52. The Morgan fingerprint density at radius 3 is 2.45 bits per heavy atom. The average Bonchev–Trinajstić information content (AvgIpc) is 3.17. The van der Waals surface area contributed by atoms with Gasteiger partial charge in [-0.05, 0) is 51.5 Å². The number of anilines is 1. The van der Waals surface area contributed by atoms with E-state index >= 15 is 0 Å². The van der Waals surface area contributed by atoms with Crippen LogP contribution >= 0.6 is 11.8 Å². The minimum Gasteiger partial charge on any atom is -0.342 e. The predicted octanol–water partition coefficient (Wildman–Crippen LogP) is 4.14. The number of aryl methyl sites for hydroxylation is 2. The Kier molecular flexibility index (Phi) is 7.46. The highest BCUT2D eigenvalue weighted by molar-refractivity contribution is 7.99. The molecule has 2 amide bonds. The van der Waals surface area contributed by atoms with Gasteiger partial charge in [0.05, 0.1) is 11.8 Å². The molecular formula is C23H27N5O2S. The summed E-state index contributed by atoms with van der Waals surface area (Å²) in [5, 5.41) is 15.1. The van der Waals surface area contributed by atoms with E-state index in [0.717, 1.165) is 16.8 Å². The van der Waals surface area contributed by atoms with Crippen molar-refractivity contribution in [3.63, 3.8) is 0 Å². The number of hydrogen-bond acceptors (Lipinski definition) is 5. The lowest BCUT2D eigenvalue weighted by Crippen LogP contribution is -2.28. The monoisotopic (exact) mass is 437 g/mol. The number of nitrogens with zero attached hydrogens (tertiary/aromatic N) is 3. The Morgan fingerprint density at radius 2 is 1.77 bits per heavy atom. The lowest BCUT2D eigenvalue weighted by molar-refractivity contribution is -0.113. The van der Waals surface area contributed by atoms with Gasteiger partial charge in [-0.1, -0.05) is 47.7 Å². The van der Waals surface area contributed by atoms with Crippen LogP contribution in [0.1, 0.15) is 47.2 Å². The fourth-order valence-corrected chi connectivity index (χ4v) is 3.91. The first-order valence-corrected chi connectivity index (χ1v) is 11.2. The molecule has 3 aromatic rings. The van der Waals surface area contributed by atoms with Gasteiger partial charge in [0.1, 0.15) is 0 Å². The Hall–Kier alpha value is -3.13. The number of nitrogens with one attached hydrogen (secondary N) is 2. The van der Waals surface area contributed by atoms with E-state index in [2.05, 4.69) is 20.8 Å². The number of carbonyl (C=O) groups excluding carboxylic acids is 2. The predicted molar refractivity (Wildman–Crippen MR) is 123 cm³/mol. The third-order valence-corrected chi connectivity index (χ3v) is 5.83. The molecule has 0 aliphatic rings. The van der Waals surface area contributed by atoms with Crippen molar-refractivity contribution in [3.05, 3.63) is 71.0 Å². The second-order valence-electron chi connectivity index (χ2n) is 7.30. The Morgan fingerprint density at radius 1 is 1.06 bits per heavy atom. The molecule has 2 aromatic carbocycles. The van der Waals surface area contributed by atoms with Gasteiger partial charge < -0.3 is 15.2 Å². The normalized spacial score (nSPS) is 11.7. The summed E-state index contributed by atoms with van der Waals surface area (Å²) in [7, 11) is 0. The molecule has 8 heteroatoms. The smallest absolute Gasteiger partial charge is 0.251 e. The molecule has 0 saturated carbocycles. The molecule has 3 rings (SSSR count). The summed E-state index contributed by atoms with van der Waals surface area (Å²) in [6.07, 6.45) is 0. The van der Waals surface area contributed by atoms with Crippen molar-refractivity contribution in [1.82, 2.24) is 20.1 Å². The van der Waals surface area contributed by atoms with Crippen molar-refractivity contribution in [2.75, 3.05) is 11.1 Å². The van der Waals surface area contributed by atoms with Crippen molar-refractivity contribution in [3.8, 4) is 0 Å². The fourth-order valence-electron chi connectivity index (χ4n) is 3.10. The van der Waals surface area contributed by atoms with Gasteiger partial charge in [0.15, 0.2) is 11.0 Å². The fraction of sp³-hybridized carbons (Fsp3) is 0.304. The highest BCUT2D eigenvalue weighted by atomic mass is 32.2. The molecule has 0 saturated heterocycles. The molecule has 7 nitrogen and oxygen atoms in total. The molecule has 0 radical (unpaired) electrons. The summed E-state index contributed by atoms with van der Waals surface area (Å²) in [5.74, 6) is 0.610. The van der Waals surface area contributed by atoms with Crippen molar-refractivity contribution in [2.45, 2.75) is 45.4 Å². The van der Waals surface area contributed by atoms with E-state index in [1.165, 1.54) is 11.8 Å². The maximum Gasteiger partial charge on any atom is 0.251 e. The van der Waals surface area contributed by atoms with Crippen LogP contribution in [0.4, 0.5) is 5.69 Å². The van der Waals surface area contributed by atoms with Gasteiger partial charge in [-0.15, -0.1) is 10.2 Å². The molecule has 0 fully saturated rings. The molecule has 1 aromatic heterocycles. The molecule has 162 valence electrons. The van der Waals surface area contributed by atoms with E-state index in [9.17, 15) is 9.59 Å². The lowest BCUT2D eigenvalue weighted by atomic mass is 10.1. The number of thioether (sulfide) groups is 1. The second kappa shape index (κ2) is 10.3. The number of carbonyl (C=O) groups is 2. The Labute approximate surface area is 186 Å². The molecule has 1 heterocycles. The molecule has 31 heavy (non-hydrogen) atoms. The molecular weight excluding hydrogens is 410 g/mol. The maximum atomic E-state index is 12.5. The van der Waals surface area contributed by atoms with Crippen molar-refractivity contribution in [2.24, 2.45) is 0 Å². The zero-order chi connectivity index (χ0) is 22.4. The van der Waals surface area contributed by atoms with Gasteiger partial charge in [0.25, 0.3) is 5.91 Å². The molecule has 1 atom stereocenters. The summed E-state index contributed by atoms with van der Waals surface area (Å²) >= 11 is 1.32. The topological polar surface area (TPSA) is 88.9 Å². The van der Waals surface area contributed by atoms with Gasteiger partial charge in [-0.25, -0.2) is 0 Å². The quantitative estimate of drug-likeness (QED) is 0.517. The summed E-state index contributed by atoms with van der Waals surface area (Å²) in [6.45, 7) is 8.43. The van der Waals surface area contributed by atoms with Crippen LogP contribution in [0.2, 0.25) is 0 Å². The van der Waals surface area contributed by atoms with Crippen LogP contribution in [-0.4, -0.2) is 32.3 Å². The molecule has 2 N–H and O–H groups in total. The van der Waals surface area contributed by atoms with Crippen LogP contribution in [0.15, 0.2) is 53.7 Å². The number of aromatic nitrogens is 3. The lowest BCUT2D eigenvalue weighted by Gasteiger charge is -2.15. The molecule has 0 aliphatic heterocycles. The van der Waals surface area contributed by atoms with Crippen LogP contribution in [0.3, 0.4) is 0 Å². The minimum atomic E-state index is -0.323. The maximum absolute atomic E-state index is 12.5.